The Bertz CT molecular complexity index is 1310. The van der Waals surface area contributed by atoms with Crippen molar-refractivity contribution in [1.29, 1.82) is 0 Å². The third-order valence-electron chi connectivity index (χ3n) is 4.80. The van der Waals surface area contributed by atoms with Gasteiger partial charge in [-0.3, -0.25) is 30.2 Å². The van der Waals surface area contributed by atoms with Gasteiger partial charge in [0, 0.05) is 36.7 Å². The molecular formula is C26H18N4O5. The number of ether oxygens (including phenoxy) is 1. The lowest BCUT2D eigenvalue weighted by atomic mass is 10.2. The highest BCUT2D eigenvalue weighted by molar-refractivity contribution is 5.83. The molecule has 0 aliphatic carbocycles. The van der Waals surface area contributed by atoms with E-state index in [9.17, 15) is 20.2 Å². The van der Waals surface area contributed by atoms with Gasteiger partial charge < -0.3 is 4.74 Å². The van der Waals surface area contributed by atoms with Gasteiger partial charge in [0.05, 0.1) is 21.2 Å². The van der Waals surface area contributed by atoms with E-state index in [0.717, 1.165) is 0 Å². The second-order valence-electron chi connectivity index (χ2n) is 7.31. The molecule has 35 heavy (non-hydrogen) atoms. The van der Waals surface area contributed by atoms with Crippen LogP contribution in [-0.4, -0.2) is 22.3 Å². The Kier molecular flexibility index (Phi) is 6.98. The summed E-state index contributed by atoms with van der Waals surface area (Å²) in [6.45, 7) is 0. The van der Waals surface area contributed by atoms with Gasteiger partial charge >= 0.3 is 0 Å². The predicted octanol–water partition coefficient (Wildman–Crippen LogP) is 6.80. The number of rotatable bonds is 8. The Labute approximate surface area is 200 Å². The molecule has 0 bridgehead atoms. The number of nitro benzene ring substituents is 2. The van der Waals surface area contributed by atoms with Crippen molar-refractivity contribution in [2.24, 2.45) is 9.98 Å². The maximum atomic E-state index is 10.9. The fourth-order valence-electron chi connectivity index (χ4n) is 3.07. The van der Waals surface area contributed by atoms with Gasteiger partial charge in [0.2, 0.25) is 0 Å². The zero-order chi connectivity index (χ0) is 24.6. The SMILES string of the molecule is O=[N+]([O-])c1cccc(C=Nc2ccc(Oc3ccc(N=Cc4cccc([N+](=O)[O-])c4)cc3)cc2)c1. The van der Waals surface area contributed by atoms with E-state index in [-0.39, 0.29) is 11.4 Å². The Balaban J connectivity index is 1.36. The van der Waals surface area contributed by atoms with Crippen LogP contribution in [0, 0.1) is 20.2 Å². The van der Waals surface area contributed by atoms with E-state index in [1.807, 2.05) is 0 Å². The Morgan fingerprint density at radius 1 is 0.600 bits per heavy atom. The highest BCUT2D eigenvalue weighted by Crippen LogP contribution is 2.26. The second-order valence-corrected chi connectivity index (χ2v) is 7.31. The molecular weight excluding hydrogens is 448 g/mol. The highest BCUT2D eigenvalue weighted by atomic mass is 16.6. The summed E-state index contributed by atoms with van der Waals surface area (Å²) in [5, 5.41) is 21.8. The van der Waals surface area contributed by atoms with E-state index >= 15 is 0 Å². The Morgan fingerprint density at radius 2 is 1.00 bits per heavy atom. The first kappa shape index (κ1) is 23.0. The quantitative estimate of drug-likeness (QED) is 0.161. The average molecular weight is 466 g/mol. The number of non-ortho nitro benzene ring substituents is 2. The number of nitro groups is 2. The summed E-state index contributed by atoms with van der Waals surface area (Å²) < 4.78 is 5.84. The summed E-state index contributed by atoms with van der Waals surface area (Å²) in [5.74, 6) is 1.24. The van der Waals surface area contributed by atoms with E-state index in [4.69, 9.17) is 4.74 Å². The molecule has 4 aromatic carbocycles. The zero-order valence-electron chi connectivity index (χ0n) is 18.2. The number of aliphatic imine (C=N–C) groups is 2. The lowest BCUT2D eigenvalue weighted by Gasteiger charge is -2.06. The van der Waals surface area contributed by atoms with Crippen LogP contribution in [0.2, 0.25) is 0 Å². The summed E-state index contributed by atoms with van der Waals surface area (Å²) in [4.78, 5) is 29.5. The van der Waals surface area contributed by atoms with Crippen molar-refractivity contribution in [3.05, 3.63) is 128 Å². The van der Waals surface area contributed by atoms with Crippen LogP contribution in [0.3, 0.4) is 0 Å². The van der Waals surface area contributed by atoms with Crippen LogP contribution in [0.15, 0.2) is 107 Å². The number of nitrogens with zero attached hydrogens (tertiary/aromatic N) is 4. The maximum Gasteiger partial charge on any atom is 0.270 e. The molecule has 4 aromatic rings. The summed E-state index contributed by atoms with van der Waals surface area (Å²) in [6, 6.07) is 26.7. The summed E-state index contributed by atoms with van der Waals surface area (Å²) in [7, 11) is 0. The van der Waals surface area contributed by atoms with Gasteiger partial charge in [0.1, 0.15) is 11.5 Å². The summed E-state index contributed by atoms with van der Waals surface area (Å²) in [6.07, 6.45) is 3.13. The number of hydrogen-bond donors (Lipinski definition) is 0. The molecule has 0 atom stereocenters. The van der Waals surface area contributed by atoms with Crippen LogP contribution in [0.4, 0.5) is 22.7 Å². The third kappa shape index (κ3) is 6.42. The van der Waals surface area contributed by atoms with E-state index in [1.165, 1.54) is 24.3 Å². The average Bonchev–Trinajstić information content (AvgIpc) is 2.88. The lowest BCUT2D eigenvalue weighted by molar-refractivity contribution is -0.385. The minimum absolute atomic E-state index is 0.0125. The predicted molar refractivity (Wildman–Crippen MR) is 134 cm³/mol. The van der Waals surface area contributed by atoms with Gasteiger partial charge in [0.25, 0.3) is 11.4 Å². The molecule has 9 nitrogen and oxygen atoms in total. The summed E-state index contributed by atoms with van der Waals surface area (Å²) >= 11 is 0. The molecule has 0 saturated carbocycles. The number of hydrogen-bond acceptors (Lipinski definition) is 7. The first-order valence-corrected chi connectivity index (χ1v) is 10.4. The molecule has 0 aliphatic heterocycles. The minimum atomic E-state index is -0.445. The van der Waals surface area contributed by atoms with E-state index in [1.54, 1.807) is 85.2 Å². The molecule has 172 valence electrons. The van der Waals surface area contributed by atoms with Gasteiger partial charge in [-0.25, -0.2) is 0 Å². The minimum Gasteiger partial charge on any atom is -0.457 e. The Hall–Kier alpha value is -5.18. The zero-order valence-corrected chi connectivity index (χ0v) is 18.2. The molecule has 0 radical (unpaired) electrons. The van der Waals surface area contributed by atoms with Gasteiger partial charge in [0.15, 0.2) is 0 Å². The standard InChI is InChI=1S/C26H18N4O5/c31-29(32)23-5-1-3-19(15-23)17-27-21-7-11-25(12-8-21)35-26-13-9-22(10-14-26)28-18-20-4-2-6-24(16-20)30(33)34/h1-18H. The number of benzene rings is 4. The fraction of sp³-hybridized carbons (Fsp3) is 0. The molecule has 0 N–H and O–H groups in total. The summed E-state index contributed by atoms with van der Waals surface area (Å²) in [5.41, 5.74) is 2.64. The van der Waals surface area contributed by atoms with Crippen molar-refractivity contribution in [2.45, 2.75) is 0 Å². The van der Waals surface area contributed by atoms with Crippen LogP contribution in [0.25, 0.3) is 0 Å². The van der Waals surface area contributed by atoms with Crippen LogP contribution in [0.5, 0.6) is 11.5 Å². The topological polar surface area (TPSA) is 120 Å². The molecule has 9 heteroatoms. The lowest BCUT2D eigenvalue weighted by Crippen LogP contribution is -1.89. The van der Waals surface area contributed by atoms with Gasteiger partial charge in [-0.05, 0) is 59.7 Å². The van der Waals surface area contributed by atoms with E-state index < -0.39 is 9.85 Å². The monoisotopic (exact) mass is 466 g/mol. The van der Waals surface area contributed by atoms with Crippen LogP contribution in [-0.2, 0) is 0 Å². The highest BCUT2D eigenvalue weighted by Gasteiger charge is 2.05. The van der Waals surface area contributed by atoms with E-state index in [2.05, 4.69) is 9.98 Å². The van der Waals surface area contributed by atoms with Gasteiger partial charge in [-0.2, -0.15) is 0 Å². The molecule has 0 aromatic heterocycles. The van der Waals surface area contributed by atoms with Gasteiger partial charge in [-0.15, -0.1) is 0 Å². The van der Waals surface area contributed by atoms with Crippen LogP contribution in [0.1, 0.15) is 11.1 Å². The maximum absolute atomic E-state index is 10.9. The van der Waals surface area contributed by atoms with Crippen LogP contribution < -0.4 is 4.74 Å². The molecule has 4 rings (SSSR count). The van der Waals surface area contributed by atoms with Crippen molar-refractivity contribution in [2.75, 3.05) is 0 Å². The van der Waals surface area contributed by atoms with Crippen molar-refractivity contribution in [3.8, 4) is 11.5 Å². The molecule has 0 spiro atoms. The molecule has 0 fully saturated rings. The van der Waals surface area contributed by atoms with Gasteiger partial charge in [-0.1, -0.05) is 24.3 Å². The molecule has 0 aliphatic rings. The Morgan fingerprint density at radius 3 is 1.37 bits per heavy atom. The van der Waals surface area contributed by atoms with Crippen molar-refractivity contribution in [3.63, 3.8) is 0 Å². The van der Waals surface area contributed by atoms with Crippen molar-refractivity contribution in [1.82, 2.24) is 0 Å². The molecule has 0 heterocycles. The van der Waals surface area contributed by atoms with E-state index in [0.29, 0.717) is 34.0 Å². The van der Waals surface area contributed by atoms with Crippen molar-refractivity contribution >= 4 is 35.2 Å². The molecule has 0 amide bonds. The largest absolute Gasteiger partial charge is 0.457 e. The fourth-order valence-corrected chi connectivity index (χ4v) is 3.07. The molecule has 0 unspecified atom stereocenters. The smallest absolute Gasteiger partial charge is 0.270 e. The first-order valence-electron chi connectivity index (χ1n) is 10.4. The first-order chi connectivity index (χ1) is 17.0. The van der Waals surface area contributed by atoms with Crippen molar-refractivity contribution < 1.29 is 14.6 Å². The second kappa shape index (κ2) is 10.6. The third-order valence-corrected chi connectivity index (χ3v) is 4.80. The molecule has 0 saturated heterocycles. The van der Waals surface area contributed by atoms with Crippen LogP contribution >= 0.6 is 0 Å². The normalized spacial score (nSPS) is 11.1.